The van der Waals surface area contributed by atoms with Crippen LogP contribution in [0.15, 0.2) is 36.9 Å². The molecule has 0 aliphatic heterocycles. The van der Waals surface area contributed by atoms with Crippen LogP contribution in [0.4, 0.5) is 4.79 Å². The van der Waals surface area contributed by atoms with E-state index < -0.39 is 6.09 Å². The van der Waals surface area contributed by atoms with Crippen LogP contribution in [0, 0.1) is 11.8 Å². The molecule has 2 aliphatic rings. The Kier molecular flexibility index (Phi) is 9.45. The Bertz CT molecular complexity index is 1900. The van der Waals surface area contributed by atoms with Gasteiger partial charge in [-0.2, -0.15) is 0 Å². The number of amides is 1. The fourth-order valence-electron chi connectivity index (χ4n) is 8.04. The van der Waals surface area contributed by atoms with Crippen molar-refractivity contribution >= 4 is 39.7 Å². The molecule has 15 heteroatoms. The van der Waals surface area contributed by atoms with Gasteiger partial charge in [-0.25, -0.2) is 14.8 Å². The average molecular weight is 671 g/mol. The van der Waals surface area contributed by atoms with Crippen LogP contribution in [0.25, 0.3) is 33.6 Å². The van der Waals surface area contributed by atoms with Gasteiger partial charge < -0.3 is 30.0 Å². The van der Waals surface area contributed by atoms with Gasteiger partial charge in [-0.05, 0) is 76.7 Å². The van der Waals surface area contributed by atoms with Gasteiger partial charge in [-0.15, -0.1) is 20.4 Å². The summed E-state index contributed by atoms with van der Waals surface area (Å²) >= 11 is 0. The molecule has 2 fully saturated rings. The smallest absolute Gasteiger partial charge is 0.404 e. The van der Waals surface area contributed by atoms with Crippen LogP contribution in [0.2, 0.25) is 0 Å². The van der Waals surface area contributed by atoms with Crippen LogP contribution in [0.3, 0.4) is 0 Å². The Morgan fingerprint density at radius 1 is 0.857 bits per heavy atom. The molecule has 0 spiro atoms. The van der Waals surface area contributed by atoms with E-state index in [9.17, 15) is 4.79 Å². The number of aromatic amines is 2. The lowest BCUT2D eigenvalue weighted by molar-refractivity contribution is -0.00877. The summed E-state index contributed by atoms with van der Waals surface area (Å²) in [5, 5.41) is 28.7. The van der Waals surface area contributed by atoms with Gasteiger partial charge in [0.25, 0.3) is 0 Å². The quantitative estimate of drug-likeness (QED) is 0.145. The summed E-state index contributed by atoms with van der Waals surface area (Å²) in [6.45, 7) is 6.01. The van der Waals surface area contributed by atoms with Gasteiger partial charge in [0.05, 0.1) is 35.6 Å². The van der Waals surface area contributed by atoms with Gasteiger partial charge in [0.1, 0.15) is 11.6 Å². The number of fused-ring (bicyclic) bond motifs is 6. The molecule has 49 heavy (non-hydrogen) atoms. The van der Waals surface area contributed by atoms with Crippen LogP contribution < -0.4 is 5.32 Å². The van der Waals surface area contributed by atoms with E-state index in [4.69, 9.17) is 9.84 Å². The molecular formula is C34H46N12O3. The number of rotatable bonds is 10. The third-order valence-electron chi connectivity index (χ3n) is 10.4. The van der Waals surface area contributed by atoms with E-state index in [1.165, 1.54) is 0 Å². The monoisotopic (exact) mass is 670 g/mol. The number of nitrogens with one attached hydrogen (secondary N) is 3. The van der Waals surface area contributed by atoms with Crippen LogP contribution in [-0.4, -0.2) is 105 Å². The first-order chi connectivity index (χ1) is 23.8. The van der Waals surface area contributed by atoms with Crippen LogP contribution in [0.1, 0.15) is 82.3 Å². The lowest BCUT2D eigenvalue weighted by Gasteiger charge is -2.18. The van der Waals surface area contributed by atoms with Crippen molar-refractivity contribution in [1.29, 1.82) is 0 Å². The van der Waals surface area contributed by atoms with Crippen LogP contribution in [0.5, 0.6) is 0 Å². The maximum absolute atomic E-state index is 9.92. The van der Waals surface area contributed by atoms with Gasteiger partial charge in [0.15, 0.2) is 22.6 Å². The minimum atomic E-state index is -0.946. The Labute approximate surface area is 283 Å². The normalized spacial score (nSPS) is 24.0. The van der Waals surface area contributed by atoms with E-state index in [1.54, 1.807) is 12.4 Å². The molecule has 2 saturated carbocycles. The van der Waals surface area contributed by atoms with Crippen molar-refractivity contribution in [2.75, 3.05) is 27.2 Å². The fraction of sp³-hybridized carbons (Fsp3) is 0.559. The van der Waals surface area contributed by atoms with Crippen molar-refractivity contribution in [2.45, 2.75) is 82.8 Å². The summed E-state index contributed by atoms with van der Waals surface area (Å²) in [7, 11) is 3.92. The van der Waals surface area contributed by atoms with Crippen molar-refractivity contribution in [2.24, 2.45) is 11.8 Å². The van der Waals surface area contributed by atoms with Crippen molar-refractivity contribution in [3.8, 4) is 0 Å². The maximum atomic E-state index is 9.92. The molecule has 0 saturated heterocycles. The second-order valence-electron chi connectivity index (χ2n) is 13.7. The Balaban J connectivity index is 0.000000332. The molecule has 1 amide bonds. The number of aromatic nitrogens is 10. The van der Waals surface area contributed by atoms with Gasteiger partial charge in [-0.1, -0.05) is 26.7 Å². The maximum Gasteiger partial charge on any atom is 0.404 e. The highest BCUT2D eigenvalue weighted by Crippen LogP contribution is 2.47. The summed E-state index contributed by atoms with van der Waals surface area (Å²) < 4.78 is 11.3. The number of ether oxygens (including phenoxy) is 1. The minimum absolute atomic E-state index is 0.216. The lowest BCUT2D eigenvalue weighted by atomic mass is 9.93. The second kappa shape index (κ2) is 14.1. The number of hydrogen-bond acceptors (Lipinski definition) is 9. The Morgan fingerprint density at radius 3 is 1.82 bits per heavy atom. The first-order valence-corrected chi connectivity index (χ1v) is 17.5. The molecule has 8 rings (SSSR count). The molecular weight excluding hydrogens is 624 g/mol. The largest absolute Gasteiger partial charge is 0.465 e. The number of carboxylic acid groups (broad SMARTS) is 1. The molecule has 6 heterocycles. The molecule has 0 bridgehead atoms. The molecule has 260 valence electrons. The topological polar surface area (TPSA) is 180 Å². The number of H-pyrrole nitrogens is 2. The van der Waals surface area contributed by atoms with Gasteiger partial charge in [0, 0.05) is 30.8 Å². The van der Waals surface area contributed by atoms with Gasteiger partial charge in [-0.3, -0.25) is 8.80 Å². The highest BCUT2D eigenvalue weighted by molar-refractivity contribution is 5.75. The van der Waals surface area contributed by atoms with Crippen molar-refractivity contribution in [3.63, 3.8) is 0 Å². The molecule has 0 aromatic carbocycles. The molecule has 15 nitrogen and oxygen atoms in total. The van der Waals surface area contributed by atoms with E-state index in [1.807, 2.05) is 31.4 Å². The molecule has 0 radical (unpaired) electrons. The van der Waals surface area contributed by atoms with Gasteiger partial charge >= 0.3 is 6.09 Å². The van der Waals surface area contributed by atoms with E-state index in [-0.39, 0.29) is 12.2 Å². The number of carbonyl (C=O) groups is 1. The number of nitrogens with zero attached hydrogens (tertiary/aromatic N) is 9. The molecule has 6 atom stereocenters. The third kappa shape index (κ3) is 6.56. The first kappa shape index (κ1) is 32.9. The highest BCUT2D eigenvalue weighted by Gasteiger charge is 2.42. The standard InChI is InChI=1S/C28H32N10O.C6H14N2O2/c1-3-15-9-17(11-19(15)27-35-33-23-13-31-25-21(37(23)27)5-7-29-25)39-18-10-16(4-2)20(12-18)28-36-34-24-14-32-26-22(38(24)28)6-8-30-26;1-8(2)5-3-4-7-6(9)10/h5-8,13-20,29-30H,3-4,9-12H2,1-2H3;7H,3-5H2,1-2H3,(H,9,10)/t15-,16-,17+,18+,19+,20+;/m1./s1. The fourth-order valence-corrected chi connectivity index (χ4v) is 8.04. The zero-order valence-electron chi connectivity index (χ0n) is 28.6. The molecule has 0 unspecified atom stereocenters. The van der Waals surface area contributed by atoms with Crippen molar-refractivity contribution in [3.05, 3.63) is 48.6 Å². The summed E-state index contributed by atoms with van der Waals surface area (Å²) in [6, 6.07) is 4.11. The molecule has 6 aromatic rings. The molecule has 4 N–H and O–H groups in total. The highest BCUT2D eigenvalue weighted by atomic mass is 16.5. The molecule has 2 aliphatic carbocycles. The van der Waals surface area contributed by atoms with E-state index >= 15 is 0 Å². The third-order valence-corrected chi connectivity index (χ3v) is 10.4. The van der Waals surface area contributed by atoms with E-state index in [0.29, 0.717) is 30.2 Å². The van der Waals surface area contributed by atoms with Crippen molar-refractivity contribution < 1.29 is 14.6 Å². The zero-order valence-corrected chi connectivity index (χ0v) is 28.6. The SMILES string of the molecule is CC[C@@H]1C[C@H](O[C@H]2C[C@@H](CC)[C@@H](c3nnc4cnc5[nH]ccc5n34)C2)C[C@@H]1c1nnc2cnc3[nH]ccc3n12.CN(C)CCCNC(=O)O. The first-order valence-electron chi connectivity index (χ1n) is 17.5. The second-order valence-corrected chi connectivity index (χ2v) is 13.7. The minimum Gasteiger partial charge on any atom is -0.465 e. The predicted molar refractivity (Wildman–Crippen MR) is 185 cm³/mol. The van der Waals surface area contributed by atoms with Gasteiger partial charge in [0.2, 0.25) is 0 Å². The molecule has 6 aromatic heterocycles. The number of hydrogen-bond donors (Lipinski definition) is 4. The lowest BCUT2D eigenvalue weighted by Crippen LogP contribution is -2.25. The van der Waals surface area contributed by atoms with Crippen molar-refractivity contribution in [1.82, 2.24) is 59.3 Å². The zero-order chi connectivity index (χ0) is 34.1. The summed E-state index contributed by atoms with van der Waals surface area (Å²) in [4.78, 5) is 27.3. The van der Waals surface area contributed by atoms with Crippen LogP contribution >= 0.6 is 0 Å². The Morgan fingerprint density at radius 2 is 1.37 bits per heavy atom. The van der Waals surface area contributed by atoms with E-state index in [2.05, 4.69) is 80.4 Å². The predicted octanol–water partition coefficient (Wildman–Crippen LogP) is 4.99. The Hall–Kier alpha value is -4.63. The summed E-state index contributed by atoms with van der Waals surface area (Å²) in [5.41, 5.74) is 5.38. The summed E-state index contributed by atoms with van der Waals surface area (Å²) in [5.74, 6) is 3.71. The van der Waals surface area contributed by atoms with E-state index in [0.717, 1.165) is 96.8 Å². The van der Waals surface area contributed by atoms with Crippen LogP contribution in [-0.2, 0) is 4.74 Å². The summed E-state index contributed by atoms with van der Waals surface area (Å²) in [6.07, 6.45) is 14.0. The average Bonchev–Trinajstić information content (AvgIpc) is 3.93.